The lowest BCUT2D eigenvalue weighted by atomic mass is 10.0. The molecule has 0 aliphatic heterocycles. The van der Waals surface area contributed by atoms with Crippen molar-refractivity contribution in [1.29, 1.82) is 0 Å². The second kappa shape index (κ2) is 10.5. The fourth-order valence-electron chi connectivity index (χ4n) is 4.06. The molecule has 0 saturated carbocycles. The van der Waals surface area contributed by atoms with Crippen molar-refractivity contribution in [1.82, 2.24) is 10.4 Å². The summed E-state index contributed by atoms with van der Waals surface area (Å²) in [6.45, 7) is 2.02. The van der Waals surface area contributed by atoms with Gasteiger partial charge in [0.2, 0.25) is 0 Å². The number of aryl methyl sites for hydroxylation is 1. The van der Waals surface area contributed by atoms with E-state index in [2.05, 4.69) is 21.6 Å². The molecule has 0 atom stereocenters. The summed E-state index contributed by atoms with van der Waals surface area (Å²) in [5.74, 6) is -0.692. The molecular weight excluding hydrogens is 486 g/mol. The number of aromatic nitrogens is 1. The van der Waals surface area contributed by atoms with E-state index in [9.17, 15) is 9.59 Å². The minimum absolute atomic E-state index is 0.256. The summed E-state index contributed by atoms with van der Waals surface area (Å²) in [4.78, 5) is 29.1. The van der Waals surface area contributed by atoms with Gasteiger partial charge >= 0.3 is 5.97 Å². The third kappa shape index (κ3) is 5.15. The number of para-hydroxylation sites is 1. The van der Waals surface area contributed by atoms with Crippen molar-refractivity contribution in [2.24, 2.45) is 5.10 Å². The Kier molecular flexibility index (Phi) is 6.83. The highest BCUT2D eigenvalue weighted by atomic mass is 35.5. The van der Waals surface area contributed by atoms with Crippen molar-refractivity contribution in [3.05, 3.63) is 124 Å². The van der Waals surface area contributed by atoms with Gasteiger partial charge in [-0.3, -0.25) is 4.79 Å². The minimum atomic E-state index is -0.587. The Morgan fingerprint density at radius 2 is 1.65 bits per heavy atom. The number of hydrogen-bond acceptors (Lipinski definition) is 4. The Morgan fingerprint density at radius 3 is 2.46 bits per heavy atom. The van der Waals surface area contributed by atoms with E-state index in [-0.39, 0.29) is 11.3 Å². The van der Waals surface area contributed by atoms with Crippen LogP contribution < -0.4 is 10.2 Å². The number of ether oxygens (including phenoxy) is 1. The summed E-state index contributed by atoms with van der Waals surface area (Å²) in [6.07, 6.45) is 1.43. The number of rotatable bonds is 6. The molecule has 0 spiro atoms. The van der Waals surface area contributed by atoms with Crippen molar-refractivity contribution >= 4 is 40.6 Å². The molecule has 5 rings (SSSR count). The number of hydrogen-bond donors (Lipinski definition) is 2. The van der Waals surface area contributed by atoms with Crippen molar-refractivity contribution in [2.75, 3.05) is 0 Å². The lowest BCUT2D eigenvalue weighted by Crippen LogP contribution is -2.19. The molecule has 1 amide bonds. The van der Waals surface area contributed by atoms with Gasteiger partial charge in [-0.05, 0) is 48.9 Å². The Labute approximate surface area is 218 Å². The number of nitrogens with one attached hydrogen (secondary N) is 2. The van der Waals surface area contributed by atoms with Crippen LogP contribution in [0.25, 0.3) is 22.0 Å². The van der Waals surface area contributed by atoms with E-state index in [1.807, 2.05) is 49.4 Å². The summed E-state index contributed by atoms with van der Waals surface area (Å²) < 4.78 is 5.55. The van der Waals surface area contributed by atoms with Crippen LogP contribution in [0.3, 0.4) is 0 Å². The molecule has 0 radical (unpaired) electrons. The van der Waals surface area contributed by atoms with Gasteiger partial charge in [0.15, 0.2) is 0 Å². The molecule has 182 valence electrons. The van der Waals surface area contributed by atoms with E-state index < -0.39 is 11.9 Å². The summed E-state index contributed by atoms with van der Waals surface area (Å²) >= 11 is 6.12. The van der Waals surface area contributed by atoms with Gasteiger partial charge in [0.1, 0.15) is 11.4 Å². The third-order valence-corrected chi connectivity index (χ3v) is 6.16. The molecule has 0 saturated heterocycles. The average Bonchev–Trinajstić information content (AvgIpc) is 3.29. The van der Waals surface area contributed by atoms with Crippen LogP contribution in [0.15, 0.2) is 102 Å². The van der Waals surface area contributed by atoms with E-state index >= 15 is 0 Å². The number of esters is 1. The molecule has 7 heteroatoms. The van der Waals surface area contributed by atoms with Gasteiger partial charge in [0.25, 0.3) is 5.91 Å². The Hall–Kier alpha value is -4.68. The zero-order valence-electron chi connectivity index (χ0n) is 19.9. The van der Waals surface area contributed by atoms with Gasteiger partial charge in [-0.15, -0.1) is 0 Å². The van der Waals surface area contributed by atoms with Crippen LogP contribution in [0.2, 0.25) is 5.02 Å². The van der Waals surface area contributed by atoms with Gasteiger partial charge < -0.3 is 9.72 Å². The standard InChI is InChI=1S/C30H22ClN3O3/c1-19-15-16-25-23(17-19)27(20-9-3-2-4-10-20)28(33-25)29(35)34-32-18-21-11-5-8-14-26(21)37-30(36)22-12-6-7-13-24(22)31/h2-18,33H,1H3,(H,34,35). The first-order valence-corrected chi connectivity index (χ1v) is 12.0. The maximum atomic E-state index is 13.2. The largest absolute Gasteiger partial charge is 0.422 e. The fourth-order valence-corrected chi connectivity index (χ4v) is 4.27. The number of aromatic amines is 1. The molecule has 5 aromatic rings. The number of H-pyrrole nitrogens is 1. The highest BCUT2D eigenvalue weighted by molar-refractivity contribution is 6.33. The highest BCUT2D eigenvalue weighted by Gasteiger charge is 2.19. The predicted octanol–water partition coefficient (Wildman–Crippen LogP) is 6.78. The third-order valence-electron chi connectivity index (χ3n) is 5.83. The smallest absolute Gasteiger partial charge is 0.345 e. The molecule has 4 aromatic carbocycles. The molecule has 1 aromatic heterocycles. The second-order valence-electron chi connectivity index (χ2n) is 8.40. The Balaban J connectivity index is 1.40. The normalized spacial score (nSPS) is 11.1. The van der Waals surface area contributed by atoms with Crippen LogP contribution in [-0.2, 0) is 0 Å². The van der Waals surface area contributed by atoms with Crippen LogP contribution in [0, 0.1) is 6.92 Å². The van der Waals surface area contributed by atoms with Crippen molar-refractivity contribution in [2.45, 2.75) is 6.92 Å². The van der Waals surface area contributed by atoms with E-state index in [1.54, 1.807) is 48.5 Å². The van der Waals surface area contributed by atoms with Gasteiger partial charge in [-0.1, -0.05) is 77.8 Å². The molecular formula is C30H22ClN3O3. The molecule has 0 fully saturated rings. The fraction of sp³-hybridized carbons (Fsp3) is 0.0333. The SMILES string of the molecule is Cc1ccc2[nH]c(C(=O)NN=Cc3ccccc3OC(=O)c3ccccc3Cl)c(-c3ccccc3)c2c1. The number of fused-ring (bicyclic) bond motifs is 1. The molecule has 0 bridgehead atoms. The number of amides is 1. The summed E-state index contributed by atoms with van der Waals surface area (Å²) in [6, 6.07) is 29.3. The lowest BCUT2D eigenvalue weighted by Gasteiger charge is -2.08. The second-order valence-corrected chi connectivity index (χ2v) is 8.80. The molecule has 6 nitrogen and oxygen atoms in total. The Bertz CT molecular complexity index is 1640. The summed E-state index contributed by atoms with van der Waals surface area (Å²) in [7, 11) is 0. The number of carbonyl (C=O) groups excluding carboxylic acids is 2. The summed E-state index contributed by atoms with van der Waals surface area (Å²) in [5, 5.41) is 5.39. The molecule has 2 N–H and O–H groups in total. The molecule has 0 unspecified atom stereocenters. The minimum Gasteiger partial charge on any atom is -0.422 e. The zero-order chi connectivity index (χ0) is 25.8. The average molecular weight is 508 g/mol. The van der Waals surface area contributed by atoms with E-state index in [4.69, 9.17) is 16.3 Å². The first-order chi connectivity index (χ1) is 18.0. The number of hydrazone groups is 1. The van der Waals surface area contributed by atoms with E-state index in [0.29, 0.717) is 16.3 Å². The maximum Gasteiger partial charge on any atom is 0.345 e. The van der Waals surface area contributed by atoms with Gasteiger partial charge in [0, 0.05) is 22.0 Å². The van der Waals surface area contributed by atoms with Crippen LogP contribution in [-0.4, -0.2) is 23.1 Å². The van der Waals surface area contributed by atoms with Gasteiger partial charge in [-0.25, -0.2) is 10.2 Å². The first-order valence-electron chi connectivity index (χ1n) is 11.6. The van der Waals surface area contributed by atoms with Crippen molar-refractivity contribution in [3.63, 3.8) is 0 Å². The van der Waals surface area contributed by atoms with Crippen LogP contribution in [0.4, 0.5) is 0 Å². The van der Waals surface area contributed by atoms with Gasteiger partial charge in [-0.2, -0.15) is 5.10 Å². The highest BCUT2D eigenvalue weighted by Crippen LogP contribution is 2.33. The van der Waals surface area contributed by atoms with Crippen molar-refractivity contribution < 1.29 is 14.3 Å². The monoisotopic (exact) mass is 507 g/mol. The molecule has 0 aliphatic rings. The molecule has 1 heterocycles. The zero-order valence-corrected chi connectivity index (χ0v) is 20.6. The Morgan fingerprint density at radius 1 is 0.919 bits per heavy atom. The number of halogens is 1. The first kappa shape index (κ1) is 24.0. The number of carbonyl (C=O) groups is 2. The van der Waals surface area contributed by atoms with Gasteiger partial charge in [0.05, 0.1) is 16.8 Å². The molecule has 0 aliphatic carbocycles. The lowest BCUT2D eigenvalue weighted by molar-refractivity contribution is 0.0734. The van der Waals surface area contributed by atoms with E-state index in [1.165, 1.54) is 6.21 Å². The van der Waals surface area contributed by atoms with E-state index in [0.717, 1.165) is 27.6 Å². The number of nitrogens with zero attached hydrogens (tertiary/aromatic N) is 1. The predicted molar refractivity (Wildman–Crippen MR) is 146 cm³/mol. The van der Waals surface area contributed by atoms with Crippen molar-refractivity contribution in [3.8, 4) is 16.9 Å². The molecule has 37 heavy (non-hydrogen) atoms. The van der Waals surface area contributed by atoms with Crippen LogP contribution in [0.5, 0.6) is 5.75 Å². The quantitative estimate of drug-likeness (QED) is 0.115. The topological polar surface area (TPSA) is 83.6 Å². The van der Waals surface area contributed by atoms with Crippen LogP contribution >= 0.6 is 11.6 Å². The summed E-state index contributed by atoms with van der Waals surface area (Å²) in [5.41, 5.74) is 7.45. The van der Waals surface area contributed by atoms with Crippen LogP contribution in [0.1, 0.15) is 32.0 Å². The number of benzene rings is 4. The maximum absolute atomic E-state index is 13.2.